The lowest BCUT2D eigenvalue weighted by Gasteiger charge is -2.16. The van der Waals surface area contributed by atoms with Crippen LogP contribution in [0.25, 0.3) is 10.8 Å². The van der Waals surface area contributed by atoms with Crippen molar-refractivity contribution in [1.29, 1.82) is 0 Å². The summed E-state index contributed by atoms with van der Waals surface area (Å²) in [5, 5.41) is 19.5. The molecule has 0 saturated carbocycles. The van der Waals surface area contributed by atoms with Gasteiger partial charge in [-0.15, -0.1) is 24.8 Å². The molecule has 0 aliphatic carbocycles. The second-order valence-electron chi connectivity index (χ2n) is 7.02. The number of aliphatic hydroxyl groups excluding tert-OH is 1. The number of benzene rings is 3. The van der Waals surface area contributed by atoms with Gasteiger partial charge in [-0.3, -0.25) is 0 Å². The standard InChI is InChI=1S/C23H26Cl2N2O2.2ClH/c1-16(28)13-26-10-11-27-14-21-20-5-3-2-4-17(20)7-9-23(21)29-15-18-6-8-19(24)12-22(18)25;;/h2-9,12,16,26-28H,10-11,13-15H2,1H3;2*1H. The molecule has 170 valence electrons. The summed E-state index contributed by atoms with van der Waals surface area (Å²) in [6, 6.07) is 17.8. The maximum absolute atomic E-state index is 9.31. The Balaban J connectivity index is 0.00000240. The molecule has 1 atom stereocenters. The first-order valence-electron chi connectivity index (χ1n) is 9.71. The average molecular weight is 506 g/mol. The van der Waals surface area contributed by atoms with Crippen LogP contribution in [0.5, 0.6) is 5.75 Å². The number of halogens is 4. The SMILES string of the molecule is CC(O)CNCCNCc1c(OCc2ccc(Cl)cc2Cl)ccc2ccccc12.Cl.Cl. The average Bonchev–Trinajstić information content (AvgIpc) is 2.70. The number of nitrogens with one attached hydrogen (secondary N) is 2. The highest BCUT2D eigenvalue weighted by molar-refractivity contribution is 6.35. The van der Waals surface area contributed by atoms with E-state index in [0.717, 1.165) is 35.4 Å². The van der Waals surface area contributed by atoms with E-state index in [1.54, 1.807) is 13.0 Å². The van der Waals surface area contributed by atoms with Crippen molar-refractivity contribution in [3.63, 3.8) is 0 Å². The van der Waals surface area contributed by atoms with Crippen LogP contribution in [-0.2, 0) is 13.2 Å². The molecule has 3 N–H and O–H groups in total. The van der Waals surface area contributed by atoms with E-state index in [1.807, 2.05) is 30.3 Å². The van der Waals surface area contributed by atoms with Crippen LogP contribution in [0.4, 0.5) is 0 Å². The monoisotopic (exact) mass is 504 g/mol. The molecule has 0 radical (unpaired) electrons. The zero-order valence-electron chi connectivity index (χ0n) is 17.2. The van der Waals surface area contributed by atoms with Crippen molar-refractivity contribution in [2.45, 2.75) is 26.2 Å². The fourth-order valence-corrected chi connectivity index (χ4v) is 3.59. The van der Waals surface area contributed by atoms with Crippen molar-refractivity contribution >= 4 is 58.8 Å². The third kappa shape index (κ3) is 8.32. The lowest BCUT2D eigenvalue weighted by atomic mass is 10.0. The summed E-state index contributed by atoms with van der Waals surface area (Å²) in [7, 11) is 0. The molecule has 0 amide bonds. The van der Waals surface area contributed by atoms with Gasteiger partial charge < -0.3 is 20.5 Å². The fourth-order valence-electron chi connectivity index (χ4n) is 3.13. The smallest absolute Gasteiger partial charge is 0.124 e. The summed E-state index contributed by atoms with van der Waals surface area (Å²) in [5.74, 6) is 0.833. The van der Waals surface area contributed by atoms with E-state index >= 15 is 0 Å². The summed E-state index contributed by atoms with van der Waals surface area (Å²) in [6.45, 7) is 4.99. The Morgan fingerprint density at radius 1 is 0.968 bits per heavy atom. The van der Waals surface area contributed by atoms with Crippen molar-refractivity contribution in [2.75, 3.05) is 19.6 Å². The highest BCUT2D eigenvalue weighted by Gasteiger charge is 2.10. The van der Waals surface area contributed by atoms with Crippen LogP contribution in [0.1, 0.15) is 18.1 Å². The Kier molecular flexibility index (Phi) is 12.6. The van der Waals surface area contributed by atoms with Crippen LogP contribution < -0.4 is 15.4 Å². The van der Waals surface area contributed by atoms with Gasteiger partial charge in [-0.25, -0.2) is 0 Å². The second-order valence-corrected chi connectivity index (χ2v) is 7.86. The maximum Gasteiger partial charge on any atom is 0.124 e. The minimum atomic E-state index is -0.340. The Hall–Kier alpha value is -1.24. The number of hydrogen-bond acceptors (Lipinski definition) is 4. The van der Waals surface area contributed by atoms with Gasteiger partial charge >= 0.3 is 0 Å². The van der Waals surface area contributed by atoms with E-state index in [2.05, 4.69) is 28.8 Å². The molecule has 3 aromatic carbocycles. The van der Waals surface area contributed by atoms with E-state index in [0.29, 0.717) is 29.7 Å². The summed E-state index contributed by atoms with van der Waals surface area (Å²) in [6.07, 6.45) is -0.340. The van der Waals surface area contributed by atoms with Gasteiger partial charge in [-0.2, -0.15) is 0 Å². The number of rotatable bonds is 10. The van der Waals surface area contributed by atoms with E-state index in [1.165, 1.54) is 5.39 Å². The molecule has 0 aromatic heterocycles. The Morgan fingerprint density at radius 3 is 2.45 bits per heavy atom. The second kappa shape index (κ2) is 14.0. The van der Waals surface area contributed by atoms with Gasteiger partial charge in [-0.1, -0.05) is 59.6 Å². The Labute approximate surface area is 206 Å². The summed E-state index contributed by atoms with van der Waals surface area (Å²) in [4.78, 5) is 0. The molecule has 0 aliphatic heterocycles. The van der Waals surface area contributed by atoms with Gasteiger partial charge in [0, 0.05) is 47.4 Å². The van der Waals surface area contributed by atoms with Crippen molar-refractivity contribution in [3.05, 3.63) is 75.8 Å². The van der Waals surface area contributed by atoms with Gasteiger partial charge in [-0.05, 0) is 35.9 Å². The summed E-state index contributed by atoms with van der Waals surface area (Å²) < 4.78 is 6.15. The van der Waals surface area contributed by atoms with Crippen molar-refractivity contribution in [3.8, 4) is 5.75 Å². The first-order valence-corrected chi connectivity index (χ1v) is 10.5. The Bertz CT molecular complexity index is 954. The Morgan fingerprint density at radius 2 is 1.71 bits per heavy atom. The molecule has 31 heavy (non-hydrogen) atoms. The molecular formula is C23H28Cl4N2O2. The van der Waals surface area contributed by atoms with E-state index in [-0.39, 0.29) is 30.9 Å². The topological polar surface area (TPSA) is 53.5 Å². The lowest BCUT2D eigenvalue weighted by Crippen LogP contribution is -2.31. The first kappa shape index (κ1) is 27.8. The normalized spacial score (nSPS) is 11.5. The van der Waals surface area contributed by atoms with Gasteiger partial charge in [0.05, 0.1) is 6.10 Å². The lowest BCUT2D eigenvalue weighted by molar-refractivity contribution is 0.191. The van der Waals surface area contributed by atoms with Crippen LogP contribution in [0.2, 0.25) is 10.0 Å². The minimum absolute atomic E-state index is 0. The molecule has 8 heteroatoms. The molecule has 3 rings (SSSR count). The summed E-state index contributed by atoms with van der Waals surface area (Å²) in [5.41, 5.74) is 2.01. The number of hydrogen-bond donors (Lipinski definition) is 3. The predicted molar refractivity (Wildman–Crippen MR) is 135 cm³/mol. The van der Waals surface area contributed by atoms with Crippen molar-refractivity contribution in [2.24, 2.45) is 0 Å². The largest absolute Gasteiger partial charge is 0.488 e. The predicted octanol–water partition coefficient (Wildman–Crippen LogP) is 5.63. The number of aliphatic hydroxyl groups is 1. The van der Waals surface area contributed by atoms with Crippen LogP contribution in [0.15, 0.2) is 54.6 Å². The highest BCUT2D eigenvalue weighted by Crippen LogP contribution is 2.30. The number of fused-ring (bicyclic) bond motifs is 1. The van der Waals surface area contributed by atoms with Gasteiger partial charge in [0.2, 0.25) is 0 Å². The van der Waals surface area contributed by atoms with Crippen LogP contribution >= 0.6 is 48.0 Å². The van der Waals surface area contributed by atoms with E-state index < -0.39 is 0 Å². The zero-order valence-corrected chi connectivity index (χ0v) is 20.4. The molecule has 0 aliphatic rings. The van der Waals surface area contributed by atoms with E-state index in [4.69, 9.17) is 27.9 Å². The molecule has 0 saturated heterocycles. The van der Waals surface area contributed by atoms with Crippen LogP contribution in [0.3, 0.4) is 0 Å². The molecule has 0 fully saturated rings. The maximum atomic E-state index is 9.31. The zero-order chi connectivity index (χ0) is 20.6. The van der Waals surface area contributed by atoms with Gasteiger partial charge in [0.15, 0.2) is 0 Å². The molecule has 3 aromatic rings. The van der Waals surface area contributed by atoms with Crippen LogP contribution in [-0.4, -0.2) is 30.8 Å². The molecule has 1 unspecified atom stereocenters. The first-order chi connectivity index (χ1) is 14.0. The number of ether oxygens (including phenoxy) is 1. The van der Waals surface area contributed by atoms with Gasteiger partial charge in [0.1, 0.15) is 12.4 Å². The fraction of sp³-hybridized carbons (Fsp3) is 0.304. The highest BCUT2D eigenvalue weighted by atomic mass is 35.5. The van der Waals surface area contributed by atoms with Crippen molar-refractivity contribution in [1.82, 2.24) is 10.6 Å². The van der Waals surface area contributed by atoms with E-state index in [9.17, 15) is 5.11 Å². The quantitative estimate of drug-likeness (QED) is 0.312. The molecular weight excluding hydrogens is 478 g/mol. The minimum Gasteiger partial charge on any atom is -0.488 e. The summed E-state index contributed by atoms with van der Waals surface area (Å²) >= 11 is 12.3. The van der Waals surface area contributed by atoms with Crippen molar-refractivity contribution < 1.29 is 9.84 Å². The molecule has 0 bridgehead atoms. The third-order valence-electron chi connectivity index (χ3n) is 4.62. The molecule has 0 heterocycles. The molecule has 4 nitrogen and oxygen atoms in total. The molecule has 0 spiro atoms. The van der Waals surface area contributed by atoms with Gasteiger partial charge in [0.25, 0.3) is 0 Å². The third-order valence-corrected chi connectivity index (χ3v) is 5.20. The van der Waals surface area contributed by atoms with Crippen LogP contribution in [0, 0.1) is 0 Å².